The Bertz CT molecular complexity index is 778. The fourth-order valence-corrected chi connectivity index (χ4v) is 3.01. The van der Waals surface area contributed by atoms with E-state index in [0.29, 0.717) is 0 Å². The predicted molar refractivity (Wildman–Crippen MR) is 73.6 cm³/mol. The van der Waals surface area contributed by atoms with Crippen molar-refractivity contribution in [2.24, 2.45) is 0 Å². The van der Waals surface area contributed by atoms with E-state index in [1.165, 1.54) is 12.1 Å². The van der Waals surface area contributed by atoms with Crippen LogP contribution in [0.3, 0.4) is 0 Å². The minimum absolute atomic E-state index is 0.0790. The summed E-state index contributed by atoms with van der Waals surface area (Å²) in [6, 6.07) is 3.49. The SMILES string of the molecule is OCc1cc(-n2cc(C(F)(F)F)c3c2CCC(F)(F)C3)ccc1F. The molecule has 0 aliphatic heterocycles. The van der Waals surface area contributed by atoms with Crippen LogP contribution in [-0.2, 0) is 25.6 Å². The van der Waals surface area contributed by atoms with Gasteiger partial charge in [0.25, 0.3) is 5.92 Å². The monoisotopic (exact) mass is 349 g/mol. The summed E-state index contributed by atoms with van der Waals surface area (Å²) in [5.41, 5.74) is -1.27. The van der Waals surface area contributed by atoms with E-state index in [9.17, 15) is 26.3 Å². The molecule has 130 valence electrons. The Morgan fingerprint density at radius 2 is 1.92 bits per heavy atom. The highest BCUT2D eigenvalue weighted by atomic mass is 19.4. The van der Waals surface area contributed by atoms with Gasteiger partial charge in [-0.1, -0.05) is 0 Å². The smallest absolute Gasteiger partial charge is 0.392 e. The van der Waals surface area contributed by atoms with Gasteiger partial charge in [0.2, 0.25) is 0 Å². The first-order valence-electron chi connectivity index (χ1n) is 7.20. The molecule has 2 aromatic rings. The van der Waals surface area contributed by atoms with Gasteiger partial charge in [-0.3, -0.25) is 0 Å². The number of alkyl halides is 5. The topological polar surface area (TPSA) is 25.2 Å². The summed E-state index contributed by atoms with van der Waals surface area (Å²) in [5.74, 6) is -3.87. The number of halogens is 6. The summed E-state index contributed by atoms with van der Waals surface area (Å²) in [4.78, 5) is 0. The average molecular weight is 349 g/mol. The maximum atomic E-state index is 13.6. The summed E-state index contributed by atoms with van der Waals surface area (Å²) >= 11 is 0. The normalized spacial score (nSPS) is 17.0. The second kappa shape index (κ2) is 5.54. The standard InChI is InChI=1S/C16H13F6NO/c17-13-2-1-10(5-9(13)8-24)23-7-12(16(20,21)22)11-6-15(18,19)4-3-14(11)23/h1-2,5,7,24H,3-4,6,8H2. The van der Waals surface area contributed by atoms with Crippen LogP contribution in [0.1, 0.15) is 28.8 Å². The Labute approximate surface area is 133 Å². The van der Waals surface area contributed by atoms with E-state index in [2.05, 4.69) is 0 Å². The van der Waals surface area contributed by atoms with Gasteiger partial charge in [-0.05, 0) is 30.2 Å². The molecule has 8 heteroatoms. The van der Waals surface area contributed by atoms with Crippen LogP contribution in [0, 0.1) is 5.82 Å². The summed E-state index contributed by atoms with van der Waals surface area (Å²) < 4.78 is 81.4. The van der Waals surface area contributed by atoms with Crippen molar-refractivity contribution in [1.29, 1.82) is 0 Å². The van der Waals surface area contributed by atoms with Crippen LogP contribution in [0.15, 0.2) is 24.4 Å². The molecule has 0 amide bonds. The quantitative estimate of drug-likeness (QED) is 0.806. The molecule has 1 aromatic carbocycles. The highest BCUT2D eigenvalue weighted by Gasteiger charge is 2.43. The molecule has 0 radical (unpaired) electrons. The van der Waals surface area contributed by atoms with Crippen molar-refractivity contribution in [3.8, 4) is 5.69 Å². The van der Waals surface area contributed by atoms with Gasteiger partial charge in [0.15, 0.2) is 0 Å². The first-order valence-corrected chi connectivity index (χ1v) is 7.20. The second-order valence-electron chi connectivity index (χ2n) is 5.80. The van der Waals surface area contributed by atoms with Gasteiger partial charge in [-0.2, -0.15) is 13.2 Å². The molecule has 0 fully saturated rings. The van der Waals surface area contributed by atoms with Gasteiger partial charge in [-0.15, -0.1) is 0 Å². The van der Waals surface area contributed by atoms with Crippen molar-refractivity contribution in [2.75, 3.05) is 0 Å². The Kier molecular flexibility index (Phi) is 3.90. The minimum atomic E-state index is -4.76. The van der Waals surface area contributed by atoms with Gasteiger partial charge < -0.3 is 9.67 Å². The summed E-state index contributed by atoms with van der Waals surface area (Å²) in [7, 11) is 0. The first-order chi connectivity index (χ1) is 11.1. The molecule has 3 rings (SSSR count). The van der Waals surface area contributed by atoms with E-state index in [1.807, 2.05) is 0 Å². The van der Waals surface area contributed by atoms with Crippen molar-refractivity contribution in [1.82, 2.24) is 4.57 Å². The molecular weight excluding hydrogens is 336 g/mol. The molecule has 0 spiro atoms. The average Bonchev–Trinajstić information content (AvgIpc) is 2.85. The molecule has 1 N–H and O–H groups in total. The maximum Gasteiger partial charge on any atom is 0.418 e. The molecule has 1 aliphatic carbocycles. The molecule has 0 unspecified atom stereocenters. The molecule has 24 heavy (non-hydrogen) atoms. The van der Waals surface area contributed by atoms with Crippen LogP contribution >= 0.6 is 0 Å². The lowest BCUT2D eigenvalue weighted by Gasteiger charge is -2.24. The van der Waals surface area contributed by atoms with Gasteiger partial charge in [0, 0.05) is 36.0 Å². The van der Waals surface area contributed by atoms with Gasteiger partial charge in [-0.25, -0.2) is 13.2 Å². The third kappa shape index (κ3) is 2.90. The van der Waals surface area contributed by atoms with Crippen LogP contribution < -0.4 is 0 Å². The number of fused-ring (bicyclic) bond motifs is 1. The summed E-state index contributed by atoms with van der Waals surface area (Å²) in [5, 5.41) is 9.10. The van der Waals surface area contributed by atoms with E-state index >= 15 is 0 Å². The lowest BCUT2D eigenvalue weighted by Crippen LogP contribution is -2.27. The second-order valence-corrected chi connectivity index (χ2v) is 5.80. The Balaban J connectivity index is 2.18. The zero-order valence-corrected chi connectivity index (χ0v) is 12.3. The van der Waals surface area contributed by atoms with Gasteiger partial charge in [0.1, 0.15) is 5.82 Å². The molecule has 0 saturated carbocycles. The molecule has 1 aliphatic rings. The predicted octanol–water partition coefficient (Wildman–Crippen LogP) is 4.25. The molecule has 0 atom stereocenters. The molecule has 0 saturated heterocycles. The fourth-order valence-electron chi connectivity index (χ4n) is 3.01. The van der Waals surface area contributed by atoms with Crippen molar-refractivity contribution >= 4 is 0 Å². The van der Waals surface area contributed by atoms with Crippen LogP contribution in [0.5, 0.6) is 0 Å². The Hall–Kier alpha value is -1.96. The van der Waals surface area contributed by atoms with E-state index in [-0.39, 0.29) is 23.4 Å². The van der Waals surface area contributed by atoms with Crippen LogP contribution in [0.2, 0.25) is 0 Å². The number of rotatable bonds is 2. The third-order valence-electron chi connectivity index (χ3n) is 4.17. The third-order valence-corrected chi connectivity index (χ3v) is 4.17. The lowest BCUT2D eigenvalue weighted by molar-refractivity contribution is -0.138. The lowest BCUT2D eigenvalue weighted by atomic mass is 9.91. The van der Waals surface area contributed by atoms with Crippen molar-refractivity contribution in [2.45, 2.75) is 38.0 Å². The Morgan fingerprint density at radius 1 is 1.21 bits per heavy atom. The molecular formula is C16H13F6NO. The number of hydrogen-bond donors (Lipinski definition) is 1. The van der Waals surface area contributed by atoms with E-state index in [4.69, 9.17) is 5.11 Å². The highest BCUT2D eigenvalue weighted by molar-refractivity contribution is 5.46. The number of nitrogens with zero attached hydrogens (tertiary/aromatic N) is 1. The first kappa shape index (κ1) is 16.9. The zero-order chi connectivity index (χ0) is 17.7. The van der Waals surface area contributed by atoms with Crippen molar-refractivity contribution in [3.05, 3.63) is 52.6 Å². The van der Waals surface area contributed by atoms with Gasteiger partial charge >= 0.3 is 6.18 Å². The summed E-state index contributed by atoms with van der Waals surface area (Å²) in [6.07, 6.45) is -5.74. The number of aliphatic hydroxyl groups is 1. The zero-order valence-electron chi connectivity index (χ0n) is 12.3. The number of hydrogen-bond acceptors (Lipinski definition) is 1. The number of benzene rings is 1. The molecule has 1 aromatic heterocycles. The fraction of sp³-hybridized carbons (Fsp3) is 0.375. The van der Waals surface area contributed by atoms with E-state index in [0.717, 1.165) is 16.8 Å². The molecule has 2 nitrogen and oxygen atoms in total. The van der Waals surface area contributed by atoms with E-state index < -0.39 is 48.5 Å². The number of aromatic nitrogens is 1. The van der Waals surface area contributed by atoms with Crippen molar-refractivity contribution in [3.63, 3.8) is 0 Å². The largest absolute Gasteiger partial charge is 0.418 e. The summed E-state index contributed by atoms with van der Waals surface area (Å²) in [6.45, 7) is -0.618. The molecule has 0 bridgehead atoms. The van der Waals surface area contributed by atoms with E-state index in [1.54, 1.807) is 0 Å². The van der Waals surface area contributed by atoms with Gasteiger partial charge in [0.05, 0.1) is 12.2 Å². The number of aliphatic hydroxyl groups excluding tert-OH is 1. The van der Waals surface area contributed by atoms with Crippen molar-refractivity contribution < 1.29 is 31.4 Å². The van der Waals surface area contributed by atoms with Crippen LogP contribution in [0.25, 0.3) is 5.69 Å². The Morgan fingerprint density at radius 3 is 2.54 bits per heavy atom. The van der Waals surface area contributed by atoms with Crippen LogP contribution in [-0.4, -0.2) is 15.6 Å². The highest BCUT2D eigenvalue weighted by Crippen LogP contribution is 2.42. The minimum Gasteiger partial charge on any atom is -0.392 e. The van der Waals surface area contributed by atoms with Crippen LogP contribution in [0.4, 0.5) is 26.3 Å². The maximum absolute atomic E-state index is 13.6. The molecule has 1 heterocycles.